The zero-order valence-electron chi connectivity index (χ0n) is 9.99. The van der Waals surface area contributed by atoms with Gasteiger partial charge >= 0.3 is 5.97 Å². The van der Waals surface area contributed by atoms with Crippen LogP contribution in [0.3, 0.4) is 0 Å². The van der Waals surface area contributed by atoms with E-state index >= 15 is 0 Å². The topological polar surface area (TPSA) is 93.3 Å². The molecule has 2 rings (SSSR count). The summed E-state index contributed by atoms with van der Waals surface area (Å²) in [4.78, 5) is 25.8. The molecule has 1 heterocycles. The van der Waals surface area contributed by atoms with E-state index in [2.05, 4.69) is 4.98 Å². The van der Waals surface area contributed by atoms with Crippen molar-refractivity contribution in [2.45, 2.75) is 13.3 Å². The number of hydrogen-bond donors (Lipinski definition) is 1. The highest BCUT2D eigenvalue weighted by atomic mass is 32.1. The number of hydrogen-bond acceptors (Lipinski definition) is 5. The quantitative estimate of drug-likeness (QED) is 0.685. The highest BCUT2D eigenvalue weighted by Crippen LogP contribution is 2.29. The van der Waals surface area contributed by atoms with Crippen LogP contribution in [0, 0.1) is 17.0 Å². The molecule has 0 amide bonds. The minimum Gasteiger partial charge on any atom is -0.481 e. The number of aromatic nitrogens is 1. The molecule has 0 saturated carbocycles. The van der Waals surface area contributed by atoms with Crippen LogP contribution in [-0.2, 0) is 11.2 Å². The van der Waals surface area contributed by atoms with Crippen LogP contribution >= 0.6 is 11.3 Å². The molecule has 1 aromatic carbocycles. The van der Waals surface area contributed by atoms with Crippen LogP contribution in [0.5, 0.6) is 0 Å². The number of rotatable bonds is 4. The molecule has 0 fully saturated rings. The summed E-state index contributed by atoms with van der Waals surface area (Å²) < 4.78 is 0. The van der Waals surface area contributed by atoms with Crippen molar-refractivity contribution in [2.24, 2.45) is 0 Å². The van der Waals surface area contributed by atoms with Gasteiger partial charge in [-0.2, -0.15) is 0 Å². The Morgan fingerprint density at radius 1 is 1.42 bits per heavy atom. The first-order chi connectivity index (χ1) is 8.97. The maximum atomic E-state index is 10.7. The van der Waals surface area contributed by atoms with Crippen molar-refractivity contribution in [1.29, 1.82) is 0 Å². The number of nitro groups is 1. The van der Waals surface area contributed by atoms with E-state index < -0.39 is 10.9 Å². The molecule has 0 atom stereocenters. The fourth-order valence-corrected chi connectivity index (χ4v) is 2.64. The van der Waals surface area contributed by atoms with Crippen molar-refractivity contribution in [3.63, 3.8) is 0 Å². The van der Waals surface area contributed by atoms with E-state index in [1.165, 1.54) is 23.5 Å². The number of aryl methyl sites for hydroxylation is 1. The lowest BCUT2D eigenvalue weighted by Crippen LogP contribution is -1.99. The van der Waals surface area contributed by atoms with Crippen LogP contribution in [0.25, 0.3) is 10.6 Å². The van der Waals surface area contributed by atoms with Gasteiger partial charge in [0, 0.05) is 22.6 Å². The number of carboxylic acids is 1. The maximum absolute atomic E-state index is 10.7. The molecular weight excluding hydrogens is 268 g/mol. The van der Waals surface area contributed by atoms with Crippen molar-refractivity contribution in [3.8, 4) is 10.6 Å². The van der Waals surface area contributed by atoms with Crippen molar-refractivity contribution < 1.29 is 14.8 Å². The molecule has 2 aromatic rings. The summed E-state index contributed by atoms with van der Waals surface area (Å²) in [5.41, 5.74) is 1.44. The summed E-state index contributed by atoms with van der Waals surface area (Å²) in [5, 5.41) is 20.0. The molecule has 0 radical (unpaired) electrons. The van der Waals surface area contributed by atoms with Crippen LogP contribution in [-0.4, -0.2) is 21.0 Å². The summed E-state index contributed by atoms with van der Waals surface area (Å²) in [5.74, 6) is -0.901. The van der Waals surface area contributed by atoms with Crippen LogP contribution in [0.1, 0.15) is 10.6 Å². The van der Waals surface area contributed by atoms with E-state index in [1.807, 2.05) is 0 Å². The van der Waals surface area contributed by atoms with Crippen LogP contribution < -0.4 is 0 Å². The molecular formula is C12H10N2O4S. The highest BCUT2D eigenvalue weighted by Gasteiger charge is 2.13. The Balaban J connectivity index is 2.31. The van der Waals surface area contributed by atoms with E-state index in [1.54, 1.807) is 19.1 Å². The zero-order chi connectivity index (χ0) is 14.0. The second-order valence-corrected chi connectivity index (χ2v) is 4.99. The molecule has 0 spiro atoms. The maximum Gasteiger partial charge on any atom is 0.308 e. The lowest BCUT2D eigenvalue weighted by Gasteiger charge is -1.95. The van der Waals surface area contributed by atoms with Crippen LogP contribution in [0.4, 0.5) is 5.69 Å². The zero-order valence-corrected chi connectivity index (χ0v) is 10.8. The molecule has 0 aliphatic heterocycles. The number of nitro benzene ring substituents is 1. The van der Waals surface area contributed by atoms with Crippen molar-refractivity contribution in [1.82, 2.24) is 4.98 Å². The monoisotopic (exact) mass is 278 g/mol. The van der Waals surface area contributed by atoms with Gasteiger partial charge in [-0.1, -0.05) is 0 Å². The number of benzene rings is 1. The number of non-ortho nitro benzene ring substituents is 1. The van der Waals surface area contributed by atoms with Crippen molar-refractivity contribution in [3.05, 3.63) is 45.0 Å². The standard InChI is InChI=1S/C12H10N2O4S/c1-7-10(6-11(15)16)19-12(13-7)8-2-4-9(5-3-8)14(17)18/h2-5H,6H2,1H3,(H,15,16). The molecule has 1 aromatic heterocycles. The largest absolute Gasteiger partial charge is 0.481 e. The third kappa shape index (κ3) is 2.94. The fraction of sp³-hybridized carbons (Fsp3) is 0.167. The number of carbonyl (C=O) groups is 1. The second kappa shape index (κ2) is 5.15. The second-order valence-electron chi connectivity index (χ2n) is 3.90. The van der Waals surface area contributed by atoms with E-state index in [-0.39, 0.29) is 12.1 Å². The lowest BCUT2D eigenvalue weighted by atomic mass is 10.2. The Morgan fingerprint density at radius 3 is 2.58 bits per heavy atom. The van der Waals surface area contributed by atoms with Gasteiger partial charge in [0.2, 0.25) is 0 Å². The van der Waals surface area contributed by atoms with Gasteiger partial charge in [0.05, 0.1) is 17.0 Å². The minimum absolute atomic E-state index is 0.0165. The molecule has 6 nitrogen and oxygen atoms in total. The van der Waals surface area contributed by atoms with Crippen molar-refractivity contribution in [2.75, 3.05) is 0 Å². The van der Waals surface area contributed by atoms with Gasteiger partial charge in [-0.3, -0.25) is 14.9 Å². The number of thiazole rings is 1. The van der Waals surface area contributed by atoms with Gasteiger partial charge in [-0.05, 0) is 19.1 Å². The molecule has 1 N–H and O–H groups in total. The summed E-state index contributed by atoms with van der Waals surface area (Å²) >= 11 is 1.29. The van der Waals surface area contributed by atoms with Gasteiger partial charge in [0.25, 0.3) is 5.69 Å². The normalized spacial score (nSPS) is 10.4. The molecule has 7 heteroatoms. The van der Waals surface area contributed by atoms with Gasteiger partial charge in [-0.25, -0.2) is 4.98 Å². The SMILES string of the molecule is Cc1nc(-c2ccc([N+](=O)[O-])cc2)sc1CC(=O)O. The Bertz CT molecular complexity index is 634. The molecule has 0 aliphatic rings. The highest BCUT2D eigenvalue weighted by molar-refractivity contribution is 7.15. The Morgan fingerprint density at radius 2 is 2.05 bits per heavy atom. The van der Waals surface area contributed by atoms with Gasteiger partial charge in [0.1, 0.15) is 5.01 Å². The molecule has 0 saturated heterocycles. The van der Waals surface area contributed by atoms with Crippen LogP contribution in [0.2, 0.25) is 0 Å². The lowest BCUT2D eigenvalue weighted by molar-refractivity contribution is -0.384. The Labute approximate surface area is 112 Å². The van der Waals surface area contributed by atoms with E-state index in [9.17, 15) is 14.9 Å². The Kier molecular flexibility index (Phi) is 3.57. The summed E-state index contributed by atoms with van der Waals surface area (Å²) in [6.07, 6.45) is -0.0590. The number of nitrogens with zero attached hydrogens (tertiary/aromatic N) is 2. The van der Waals surface area contributed by atoms with E-state index in [0.29, 0.717) is 15.6 Å². The number of carboxylic acid groups (broad SMARTS) is 1. The first-order valence-corrected chi connectivity index (χ1v) is 6.22. The third-order valence-corrected chi connectivity index (χ3v) is 3.74. The van der Waals surface area contributed by atoms with E-state index in [0.717, 1.165) is 5.56 Å². The molecule has 0 bridgehead atoms. The average molecular weight is 278 g/mol. The van der Waals surface area contributed by atoms with Gasteiger partial charge < -0.3 is 5.11 Å². The van der Waals surface area contributed by atoms with Crippen molar-refractivity contribution >= 4 is 23.0 Å². The Hall–Kier alpha value is -2.28. The first kappa shape index (κ1) is 13.2. The molecule has 0 aliphatic carbocycles. The predicted octanol–water partition coefficient (Wildman–Crippen LogP) is 2.65. The smallest absolute Gasteiger partial charge is 0.308 e. The first-order valence-electron chi connectivity index (χ1n) is 5.40. The number of aliphatic carboxylic acids is 1. The third-order valence-electron chi connectivity index (χ3n) is 2.53. The fourth-order valence-electron chi connectivity index (χ4n) is 1.58. The van der Waals surface area contributed by atoms with Gasteiger partial charge in [0.15, 0.2) is 0 Å². The van der Waals surface area contributed by atoms with E-state index in [4.69, 9.17) is 5.11 Å². The van der Waals surface area contributed by atoms with Crippen LogP contribution in [0.15, 0.2) is 24.3 Å². The summed E-state index contributed by atoms with van der Waals surface area (Å²) in [6, 6.07) is 6.04. The van der Waals surface area contributed by atoms with Gasteiger partial charge in [-0.15, -0.1) is 11.3 Å². The summed E-state index contributed by atoms with van der Waals surface area (Å²) in [7, 11) is 0. The predicted molar refractivity (Wildman–Crippen MR) is 70.3 cm³/mol. The minimum atomic E-state index is -0.901. The average Bonchev–Trinajstić information content (AvgIpc) is 2.70. The molecule has 98 valence electrons. The molecule has 0 unspecified atom stereocenters. The molecule has 19 heavy (non-hydrogen) atoms. The summed E-state index contributed by atoms with van der Waals surface area (Å²) in [6.45, 7) is 1.75.